The molecule has 1 N–H and O–H groups in total. The smallest absolute Gasteiger partial charge is 0.252 e. The molecule has 1 atom stereocenters. The Balaban J connectivity index is 1.80. The summed E-state index contributed by atoms with van der Waals surface area (Å²) >= 11 is 0. The minimum absolute atomic E-state index is 0.329. The molecule has 1 aliphatic heterocycles. The van der Waals surface area contributed by atoms with Gasteiger partial charge in [0.2, 0.25) is 0 Å². The van der Waals surface area contributed by atoms with E-state index in [1.165, 1.54) is 0 Å². The van der Waals surface area contributed by atoms with E-state index in [-0.39, 0.29) is 0 Å². The lowest BCUT2D eigenvalue weighted by atomic mass is 10.1. The monoisotopic (exact) mass is 239 g/mol. The lowest BCUT2D eigenvalue weighted by Gasteiger charge is -2.21. The van der Waals surface area contributed by atoms with E-state index in [2.05, 4.69) is 29.3 Å². The average Bonchev–Trinajstić information content (AvgIpc) is 2.85. The number of rotatable bonds is 5. The van der Waals surface area contributed by atoms with Crippen molar-refractivity contribution >= 4 is 0 Å². The van der Waals surface area contributed by atoms with Gasteiger partial charge in [0.1, 0.15) is 6.61 Å². The molecule has 5 heteroatoms. The standard InChI is InChI=1S/C12H21N3O2/c1-3-9(2)12-14-11(17-15-12)8-16-10-4-6-13-7-5-10/h9-10,13H,3-8H2,1-2H3. The molecule has 0 aromatic carbocycles. The Bertz CT molecular complexity index is 334. The zero-order chi connectivity index (χ0) is 12.1. The van der Waals surface area contributed by atoms with Crippen LogP contribution in [0.5, 0.6) is 0 Å². The van der Waals surface area contributed by atoms with Gasteiger partial charge in [0.15, 0.2) is 5.82 Å². The molecular weight excluding hydrogens is 218 g/mol. The first-order valence-corrected chi connectivity index (χ1v) is 6.44. The molecule has 17 heavy (non-hydrogen) atoms. The zero-order valence-corrected chi connectivity index (χ0v) is 10.6. The topological polar surface area (TPSA) is 60.2 Å². The van der Waals surface area contributed by atoms with E-state index in [4.69, 9.17) is 9.26 Å². The Labute approximate surface area is 102 Å². The largest absolute Gasteiger partial charge is 0.368 e. The third kappa shape index (κ3) is 3.51. The molecule has 1 saturated heterocycles. The fourth-order valence-corrected chi connectivity index (χ4v) is 1.86. The number of hydrogen-bond acceptors (Lipinski definition) is 5. The van der Waals surface area contributed by atoms with Crippen molar-refractivity contribution in [3.63, 3.8) is 0 Å². The van der Waals surface area contributed by atoms with Gasteiger partial charge in [0.05, 0.1) is 6.10 Å². The Hall–Kier alpha value is -0.940. The molecule has 0 amide bonds. The molecular formula is C12H21N3O2. The van der Waals surface area contributed by atoms with Crippen molar-refractivity contribution < 1.29 is 9.26 Å². The first kappa shape index (κ1) is 12.5. The van der Waals surface area contributed by atoms with Gasteiger partial charge in [0.25, 0.3) is 5.89 Å². The van der Waals surface area contributed by atoms with Gasteiger partial charge in [-0.15, -0.1) is 0 Å². The van der Waals surface area contributed by atoms with Crippen molar-refractivity contribution in [1.29, 1.82) is 0 Å². The van der Waals surface area contributed by atoms with E-state index in [1.54, 1.807) is 0 Å². The summed E-state index contributed by atoms with van der Waals surface area (Å²) in [5, 5.41) is 7.28. The molecule has 1 fully saturated rings. The van der Waals surface area contributed by atoms with Crippen LogP contribution in [0.4, 0.5) is 0 Å². The van der Waals surface area contributed by atoms with E-state index in [0.29, 0.717) is 24.5 Å². The second-order valence-electron chi connectivity index (χ2n) is 4.62. The average molecular weight is 239 g/mol. The van der Waals surface area contributed by atoms with Crippen LogP contribution in [-0.4, -0.2) is 29.3 Å². The zero-order valence-electron chi connectivity index (χ0n) is 10.6. The predicted octanol–water partition coefficient (Wildman–Crippen LogP) is 1.85. The summed E-state index contributed by atoms with van der Waals surface area (Å²) in [5.74, 6) is 1.74. The summed E-state index contributed by atoms with van der Waals surface area (Å²) < 4.78 is 10.9. The van der Waals surface area contributed by atoms with Crippen molar-refractivity contribution in [1.82, 2.24) is 15.5 Å². The summed E-state index contributed by atoms with van der Waals surface area (Å²) in [7, 11) is 0. The van der Waals surface area contributed by atoms with Crippen molar-refractivity contribution in [3.05, 3.63) is 11.7 Å². The van der Waals surface area contributed by atoms with Gasteiger partial charge in [-0.2, -0.15) is 4.98 Å². The van der Waals surface area contributed by atoms with Crippen molar-refractivity contribution in [2.45, 2.75) is 51.7 Å². The van der Waals surface area contributed by atoms with Gasteiger partial charge in [-0.1, -0.05) is 19.0 Å². The fraction of sp³-hybridized carbons (Fsp3) is 0.833. The highest BCUT2D eigenvalue weighted by molar-refractivity contribution is 4.92. The number of nitrogens with one attached hydrogen (secondary N) is 1. The fourth-order valence-electron chi connectivity index (χ4n) is 1.86. The summed E-state index contributed by atoms with van der Waals surface area (Å²) in [5.41, 5.74) is 0. The number of nitrogens with zero attached hydrogens (tertiary/aromatic N) is 2. The van der Waals surface area contributed by atoms with Crippen LogP contribution in [0.15, 0.2) is 4.52 Å². The summed E-state index contributed by atoms with van der Waals surface area (Å²) in [6.45, 7) is 6.72. The molecule has 1 aromatic rings. The Morgan fingerprint density at radius 3 is 2.94 bits per heavy atom. The first-order chi connectivity index (χ1) is 8.29. The molecule has 1 aliphatic rings. The van der Waals surface area contributed by atoms with Crippen LogP contribution in [0, 0.1) is 0 Å². The highest BCUT2D eigenvalue weighted by Gasteiger charge is 2.16. The van der Waals surface area contributed by atoms with Crippen molar-refractivity contribution in [2.75, 3.05) is 13.1 Å². The van der Waals surface area contributed by atoms with Crippen LogP contribution in [0.25, 0.3) is 0 Å². The van der Waals surface area contributed by atoms with E-state index >= 15 is 0 Å². The summed E-state index contributed by atoms with van der Waals surface area (Å²) in [4.78, 5) is 4.35. The second kappa shape index (κ2) is 6.12. The maximum Gasteiger partial charge on any atom is 0.252 e. The molecule has 2 heterocycles. The molecule has 0 radical (unpaired) electrons. The molecule has 0 spiro atoms. The van der Waals surface area contributed by atoms with E-state index < -0.39 is 0 Å². The number of aromatic nitrogens is 2. The van der Waals surface area contributed by atoms with Gasteiger partial charge in [0, 0.05) is 5.92 Å². The lowest BCUT2D eigenvalue weighted by Crippen LogP contribution is -2.32. The van der Waals surface area contributed by atoms with Crippen LogP contribution in [0.2, 0.25) is 0 Å². The third-order valence-electron chi connectivity index (χ3n) is 3.27. The molecule has 0 saturated carbocycles. The minimum atomic E-state index is 0.329. The lowest BCUT2D eigenvalue weighted by molar-refractivity contribution is 0.00859. The second-order valence-corrected chi connectivity index (χ2v) is 4.62. The molecule has 5 nitrogen and oxygen atoms in total. The van der Waals surface area contributed by atoms with Crippen molar-refractivity contribution in [3.8, 4) is 0 Å². The molecule has 1 unspecified atom stereocenters. The SMILES string of the molecule is CCC(C)c1noc(COC2CCNCC2)n1. The van der Waals surface area contributed by atoms with Crippen molar-refractivity contribution in [2.24, 2.45) is 0 Å². The molecule has 1 aromatic heterocycles. The van der Waals surface area contributed by atoms with E-state index in [0.717, 1.165) is 38.2 Å². The number of hydrogen-bond donors (Lipinski definition) is 1. The number of piperidine rings is 1. The minimum Gasteiger partial charge on any atom is -0.368 e. The number of ether oxygens (including phenoxy) is 1. The summed E-state index contributed by atoms with van der Waals surface area (Å²) in [6.07, 6.45) is 3.47. The van der Waals surface area contributed by atoms with Gasteiger partial charge in [-0.3, -0.25) is 0 Å². The van der Waals surface area contributed by atoms with Crippen LogP contribution in [0.1, 0.15) is 50.7 Å². The molecule has 0 bridgehead atoms. The highest BCUT2D eigenvalue weighted by atomic mass is 16.5. The Morgan fingerprint density at radius 2 is 2.24 bits per heavy atom. The van der Waals surface area contributed by atoms with E-state index in [9.17, 15) is 0 Å². The first-order valence-electron chi connectivity index (χ1n) is 6.44. The van der Waals surface area contributed by atoms with Gasteiger partial charge in [-0.05, 0) is 32.4 Å². The quantitative estimate of drug-likeness (QED) is 0.849. The van der Waals surface area contributed by atoms with Crippen LogP contribution >= 0.6 is 0 Å². The summed E-state index contributed by atoms with van der Waals surface area (Å²) in [6, 6.07) is 0. The Morgan fingerprint density at radius 1 is 1.47 bits per heavy atom. The third-order valence-corrected chi connectivity index (χ3v) is 3.27. The van der Waals surface area contributed by atoms with Crippen LogP contribution in [0.3, 0.4) is 0 Å². The van der Waals surface area contributed by atoms with Gasteiger partial charge >= 0.3 is 0 Å². The molecule has 0 aliphatic carbocycles. The maximum absolute atomic E-state index is 5.76. The predicted molar refractivity (Wildman–Crippen MR) is 63.7 cm³/mol. The molecule has 2 rings (SSSR count). The Kier molecular flexibility index (Phi) is 4.50. The highest BCUT2D eigenvalue weighted by Crippen LogP contribution is 2.16. The van der Waals surface area contributed by atoms with Gasteiger partial charge < -0.3 is 14.6 Å². The molecule has 96 valence electrons. The normalized spacial score (nSPS) is 19.4. The van der Waals surface area contributed by atoms with E-state index in [1.807, 2.05) is 0 Å². The van der Waals surface area contributed by atoms with Gasteiger partial charge in [-0.25, -0.2) is 0 Å². The van der Waals surface area contributed by atoms with Crippen LogP contribution in [-0.2, 0) is 11.3 Å². The maximum atomic E-state index is 5.76. The van der Waals surface area contributed by atoms with Crippen LogP contribution < -0.4 is 5.32 Å².